The molecule has 2 amide bonds. The molecule has 0 unspecified atom stereocenters. The summed E-state index contributed by atoms with van der Waals surface area (Å²) in [6.45, 7) is 4.02. The van der Waals surface area contributed by atoms with Crippen molar-refractivity contribution in [2.75, 3.05) is 23.7 Å². The zero-order chi connectivity index (χ0) is 29.3. The number of anilines is 1. The van der Waals surface area contributed by atoms with Gasteiger partial charge in [-0.25, -0.2) is 8.42 Å². The molecule has 0 spiro atoms. The third-order valence-corrected chi connectivity index (χ3v) is 8.11. The van der Waals surface area contributed by atoms with E-state index in [-0.39, 0.29) is 34.6 Å². The maximum atomic E-state index is 14.1. The summed E-state index contributed by atoms with van der Waals surface area (Å²) in [7, 11) is -3.94. The van der Waals surface area contributed by atoms with Crippen molar-refractivity contribution in [2.45, 2.75) is 45.7 Å². The summed E-state index contributed by atoms with van der Waals surface area (Å²) in [4.78, 5) is 29.1. The first-order chi connectivity index (χ1) is 19.0. The van der Waals surface area contributed by atoms with Crippen LogP contribution in [0.25, 0.3) is 0 Å². The molecule has 214 valence electrons. The first-order valence-corrected chi connectivity index (χ1v) is 15.7. The lowest BCUT2D eigenvalue weighted by molar-refractivity contribution is -0.140. The number of nitrogens with zero attached hydrogens (tertiary/aromatic N) is 2. The van der Waals surface area contributed by atoms with Gasteiger partial charge in [0, 0.05) is 24.5 Å². The topological polar surface area (TPSA) is 86.8 Å². The van der Waals surface area contributed by atoms with Crippen LogP contribution >= 0.6 is 23.2 Å². The highest BCUT2D eigenvalue weighted by Gasteiger charge is 2.33. The summed E-state index contributed by atoms with van der Waals surface area (Å²) in [5, 5.41) is 3.37. The van der Waals surface area contributed by atoms with E-state index in [1.54, 1.807) is 0 Å². The lowest BCUT2D eigenvalue weighted by Crippen LogP contribution is -2.53. The van der Waals surface area contributed by atoms with Crippen LogP contribution in [-0.4, -0.2) is 50.5 Å². The molecule has 0 fully saturated rings. The van der Waals surface area contributed by atoms with Gasteiger partial charge in [0.15, 0.2) is 0 Å². The first-order valence-electron chi connectivity index (χ1n) is 13.1. The van der Waals surface area contributed by atoms with Crippen molar-refractivity contribution < 1.29 is 18.0 Å². The van der Waals surface area contributed by atoms with Gasteiger partial charge in [-0.3, -0.25) is 13.9 Å². The molecule has 3 aromatic carbocycles. The number of benzene rings is 3. The Bertz CT molecular complexity index is 1400. The SMILES string of the molecule is CCCCNC(=O)[C@@H](Cc1ccccc1)N(Cc1ccc(C)cc1)C(=O)CN(c1cc(Cl)ccc1Cl)S(C)(=O)=O. The Hall–Kier alpha value is -3.07. The van der Waals surface area contributed by atoms with Crippen molar-refractivity contribution in [1.82, 2.24) is 10.2 Å². The van der Waals surface area contributed by atoms with E-state index in [0.717, 1.165) is 40.1 Å². The number of amides is 2. The van der Waals surface area contributed by atoms with Crippen LogP contribution in [0, 0.1) is 6.92 Å². The maximum Gasteiger partial charge on any atom is 0.244 e. The van der Waals surface area contributed by atoms with Crippen LogP contribution in [0.4, 0.5) is 5.69 Å². The fourth-order valence-corrected chi connectivity index (χ4v) is 5.51. The van der Waals surface area contributed by atoms with Gasteiger partial charge in [-0.2, -0.15) is 0 Å². The number of halogens is 2. The Kier molecular flexibility index (Phi) is 11.4. The number of hydrogen-bond donors (Lipinski definition) is 1. The van der Waals surface area contributed by atoms with Gasteiger partial charge in [0.05, 0.1) is 17.0 Å². The van der Waals surface area contributed by atoms with Crippen LogP contribution in [0.1, 0.15) is 36.5 Å². The van der Waals surface area contributed by atoms with Crippen LogP contribution in [-0.2, 0) is 32.6 Å². The molecular formula is C30H35Cl2N3O4S. The van der Waals surface area contributed by atoms with E-state index >= 15 is 0 Å². The van der Waals surface area contributed by atoms with Gasteiger partial charge in [-0.15, -0.1) is 0 Å². The molecule has 0 radical (unpaired) electrons. The molecule has 40 heavy (non-hydrogen) atoms. The minimum absolute atomic E-state index is 0.0901. The van der Waals surface area contributed by atoms with Crippen LogP contribution in [0.5, 0.6) is 0 Å². The highest BCUT2D eigenvalue weighted by Crippen LogP contribution is 2.31. The molecule has 0 aliphatic carbocycles. The van der Waals surface area contributed by atoms with E-state index in [2.05, 4.69) is 5.32 Å². The molecule has 3 aromatic rings. The molecule has 7 nitrogen and oxygen atoms in total. The Morgan fingerprint density at radius 1 is 0.950 bits per heavy atom. The Morgan fingerprint density at radius 3 is 2.25 bits per heavy atom. The summed E-state index contributed by atoms with van der Waals surface area (Å²) < 4.78 is 26.7. The fourth-order valence-electron chi connectivity index (χ4n) is 4.22. The standard InChI is InChI=1S/C30H35Cl2N3O4S/c1-4-5-17-33-30(37)28(18-23-9-7-6-8-10-23)34(20-24-13-11-22(2)12-14-24)29(36)21-35(40(3,38)39)27-19-25(31)15-16-26(27)32/h6-16,19,28H,4-5,17-18,20-21H2,1-3H3,(H,33,37)/t28-/m1/s1. The maximum absolute atomic E-state index is 14.1. The van der Waals surface area contributed by atoms with Gasteiger partial charge in [0.25, 0.3) is 0 Å². The number of carbonyl (C=O) groups is 2. The number of rotatable bonds is 13. The molecule has 0 aromatic heterocycles. The van der Waals surface area contributed by atoms with Crippen LogP contribution in [0.2, 0.25) is 10.0 Å². The Labute approximate surface area is 247 Å². The molecule has 0 heterocycles. The Morgan fingerprint density at radius 2 is 1.62 bits per heavy atom. The third kappa shape index (κ3) is 8.98. The van der Waals surface area contributed by atoms with Crippen LogP contribution in [0.3, 0.4) is 0 Å². The average molecular weight is 605 g/mol. The van der Waals surface area contributed by atoms with E-state index in [0.29, 0.717) is 6.54 Å². The largest absolute Gasteiger partial charge is 0.354 e. The highest BCUT2D eigenvalue weighted by molar-refractivity contribution is 7.92. The smallest absolute Gasteiger partial charge is 0.244 e. The van der Waals surface area contributed by atoms with Crippen molar-refractivity contribution in [3.05, 3.63) is 99.5 Å². The summed E-state index contributed by atoms with van der Waals surface area (Å²) in [5.74, 6) is -0.849. The normalized spacial score (nSPS) is 12.0. The number of hydrogen-bond acceptors (Lipinski definition) is 4. The lowest BCUT2D eigenvalue weighted by Gasteiger charge is -2.33. The number of unbranched alkanes of at least 4 members (excludes halogenated alkanes) is 1. The lowest BCUT2D eigenvalue weighted by atomic mass is 10.0. The van der Waals surface area contributed by atoms with Crippen molar-refractivity contribution in [2.24, 2.45) is 0 Å². The fraction of sp³-hybridized carbons (Fsp3) is 0.333. The summed E-state index contributed by atoms with van der Waals surface area (Å²) in [5.41, 5.74) is 2.83. The monoisotopic (exact) mass is 603 g/mol. The number of aryl methyl sites for hydroxylation is 1. The minimum atomic E-state index is -3.94. The molecule has 0 aliphatic rings. The van der Waals surface area contributed by atoms with Crippen molar-refractivity contribution in [3.63, 3.8) is 0 Å². The number of nitrogens with one attached hydrogen (secondary N) is 1. The summed E-state index contributed by atoms with van der Waals surface area (Å²) in [6, 6.07) is 20.6. The summed E-state index contributed by atoms with van der Waals surface area (Å²) >= 11 is 12.5. The van der Waals surface area contributed by atoms with E-state index in [1.165, 1.54) is 23.1 Å². The second kappa shape index (κ2) is 14.5. The predicted molar refractivity (Wildman–Crippen MR) is 162 cm³/mol. The van der Waals surface area contributed by atoms with Gasteiger partial charge >= 0.3 is 0 Å². The van der Waals surface area contributed by atoms with Crippen molar-refractivity contribution in [3.8, 4) is 0 Å². The molecule has 1 atom stereocenters. The van der Waals surface area contributed by atoms with Crippen LogP contribution in [0.15, 0.2) is 72.8 Å². The average Bonchev–Trinajstić information content (AvgIpc) is 2.91. The molecule has 0 bridgehead atoms. The highest BCUT2D eigenvalue weighted by atomic mass is 35.5. The van der Waals surface area contributed by atoms with Gasteiger partial charge in [-0.05, 0) is 42.7 Å². The number of carbonyl (C=O) groups excluding carboxylic acids is 2. The number of sulfonamides is 1. The predicted octanol–water partition coefficient (Wildman–Crippen LogP) is 5.62. The molecule has 0 aliphatic heterocycles. The zero-order valence-corrected chi connectivity index (χ0v) is 25.3. The van der Waals surface area contributed by atoms with Gasteiger partial charge in [0.2, 0.25) is 21.8 Å². The first kappa shape index (κ1) is 31.5. The van der Waals surface area contributed by atoms with Crippen molar-refractivity contribution in [1.29, 1.82) is 0 Å². The zero-order valence-electron chi connectivity index (χ0n) is 22.9. The molecule has 0 saturated carbocycles. The van der Waals surface area contributed by atoms with Gasteiger partial charge < -0.3 is 10.2 Å². The molecule has 10 heteroatoms. The second-order valence-corrected chi connectivity index (χ2v) is 12.5. The van der Waals surface area contributed by atoms with Crippen LogP contribution < -0.4 is 9.62 Å². The Balaban J connectivity index is 2.05. The second-order valence-electron chi connectivity index (χ2n) is 9.72. The van der Waals surface area contributed by atoms with Crippen molar-refractivity contribution >= 4 is 50.7 Å². The summed E-state index contributed by atoms with van der Waals surface area (Å²) in [6.07, 6.45) is 2.96. The van der Waals surface area contributed by atoms with E-state index in [9.17, 15) is 18.0 Å². The van der Waals surface area contributed by atoms with Gasteiger partial charge in [-0.1, -0.05) is 96.7 Å². The molecule has 0 saturated heterocycles. The molecule has 1 N–H and O–H groups in total. The van der Waals surface area contributed by atoms with E-state index in [4.69, 9.17) is 23.2 Å². The van der Waals surface area contributed by atoms with E-state index < -0.39 is 28.5 Å². The molecule has 3 rings (SSSR count). The van der Waals surface area contributed by atoms with Gasteiger partial charge in [0.1, 0.15) is 12.6 Å². The molecular weight excluding hydrogens is 569 g/mol. The third-order valence-electron chi connectivity index (χ3n) is 6.43. The van der Waals surface area contributed by atoms with E-state index in [1.807, 2.05) is 68.4 Å². The quantitative estimate of drug-likeness (QED) is 0.257. The minimum Gasteiger partial charge on any atom is -0.354 e.